The van der Waals surface area contributed by atoms with Gasteiger partial charge in [-0.2, -0.15) is 0 Å². The molecule has 0 radical (unpaired) electrons. The lowest BCUT2D eigenvalue weighted by atomic mass is 10.1. The summed E-state index contributed by atoms with van der Waals surface area (Å²) >= 11 is 0. The Morgan fingerprint density at radius 3 is 2.87 bits per heavy atom. The number of aryl methyl sites for hydroxylation is 1. The molecule has 0 heterocycles. The van der Waals surface area contributed by atoms with Crippen LogP contribution in [0.15, 0.2) is 18.2 Å². The number of carbonyl (C=O) groups is 1. The first-order valence-corrected chi connectivity index (χ1v) is 5.21. The minimum absolute atomic E-state index is 0.106. The van der Waals surface area contributed by atoms with Gasteiger partial charge in [-0.05, 0) is 49.4 Å². The van der Waals surface area contributed by atoms with Crippen molar-refractivity contribution in [1.29, 1.82) is 0 Å². The summed E-state index contributed by atoms with van der Waals surface area (Å²) in [6, 6.07) is 4.43. The van der Waals surface area contributed by atoms with Gasteiger partial charge in [-0.15, -0.1) is 0 Å². The highest BCUT2D eigenvalue weighted by atomic mass is 19.1. The number of nitrogens with one attached hydrogen (secondary N) is 1. The fourth-order valence-corrected chi connectivity index (χ4v) is 1.45. The molecule has 0 atom stereocenters. The van der Waals surface area contributed by atoms with E-state index in [1.165, 1.54) is 25.0 Å². The van der Waals surface area contributed by atoms with E-state index < -0.39 is 0 Å². The molecule has 0 spiro atoms. The second-order valence-corrected chi connectivity index (χ2v) is 4.12. The Balaban J connectivity index is 2.00. The Hall–Kier alpha value is -1.38. The lowest BCUT2D eigenvalue weighted by molar-refractivity contribution is 0.0951. The van der Waals surface area contributed by atoms with Gasteiger partial charge in [0, 0.05) is 12.1 Å². The average Bonchev–Trinajstić information content (AvgIpc) is 3.02. The quantitative estimate of drug-likeness (QED) is 0.809. The van der Waals surface area contributed by atoms with Gasteiger partial charge in [-0.3, -0.25) is 4.79 Å². The van der Waals surface area contributed by atoms with Crippen molar-refractivity contribution in [3.8, 4) is 0 Å². The van der Waals surface area contributed by atoms with Crippen molar-refractivity contribution < 1.29 is 9.18 Å². The third kappa shape index (κ3) is 2.55. The Bertz CT molecular complexity index is 385. The van der Waals surface area contributed by atoms with Gasteiger partial charge in [0.15, 0.2) is 0 Å². The first-order valence-electron chi connectivity index (χ1n) is 5.21. The average molecular weight is 207 g/mol. The Labute approximate surface area is 88.5 Å². The van der Waals surface area contributed by atoms with Crippen LogP contribution < -0.4 is 5.32 Å². The topological polar surface area (TPSA) is 29.1 Å². The van der Waals surface area contributed by atoms with Crippen molar-refractivity contribution in [2.24, 2.45) is 5.92 Å². The molecule has 80 valence electrons. The smallest absolute Gasteiger partial charge is 0.251 e. The molecule has 2 rings (SSSR count). The molecule has 1 N–H and O–H groups in total. The molecule has 1 aliphatic rings. The van der Waals surface area contributed by atoms with E-state index >= 15 is 0 Å². The standard InChI is InChI=1S/C12H14FNO/c1-8-6-10(4-5-11(8)13)12(15)14-7-9-2-3-9/h4-6,9H,2-3,7H2,1H3,(H,14,15). The van der Waals surface area contributed by atoms with Gasteiger partial charge in [0.05, 0.1) is 0 Å². The van der Waals surface area contributed by atoms with Gasteiger partial charge in [0.25, 0.3) is 5.91 Å². The van der Waals surface area contributed by atoms with Crippen molar-refractivity contribution in [2.45, 2.75) is 19.8 Å². The second kappa shape index (κ2) is 4.01. The van der Waals surface area contributed by atoms with Crippen molar-refractivity contribution in [1.82, 2.24) is 5.32 Å². The maximum Gasteiger partial charge on any atom is 0.251 e. The van der Waals surface area contributed by atoms with E-state index in [1.54, 1.807) is 13.0 Å². The first-order chi connectivity index (χ1) is 7.16. The maximum absolute atomic E-state index is 13.0. The summed E-state index contributed by atoms with van der Waals surface area (Å²) in [5.74, 6) is 0.286. The summed E-state index contributed by atoms with van der Waals surface area (Å²) in [7, 11) is 0. The van der Waals surface area contributed by atoms with E-state index in [2.05, 4.69) is 5.32 Å². The molecule has 0 unspecified atom stereocenters. The molecule has 1 fully saturated rings. The van der Waals surface area contributed by atoms with Crippen LogP contribution in [0, 0.1) is 18.7 Å². The molecule has 1 aromatic carbocycles. The molecule has 0 bridgehead atoms. The summed E-state index contributed by atoms with van der Waals surface area (Å²) in [5, 5.41) is 2.85. The predicted molar refractivity (Wildman–Crippen MR) is 56.2 cm³/mol. The summed E-state index contributed by atoms with van der Waals surface area (Å²) in [6.07, 6.45) is 2.42. The van der Waals surface area contributed by atoms with Crippen LogP contribution in [0.4, 0.5) is 4.39 Å². The molecule has 1 saturated carbocycles. The van der Waals surface area contributed by atoms with Gasteiger partial charge in [-0.25, -0.2) is 4.39 Å². The van der Waals surface area contributed by atoms with E-state index in [0.717, 1.165) is 6.54 Å². The van der Waals surface area contributed by atoms with Gasteiger partial charge < -0.3 is 5.32 Å². The van der Waals surface area contributed by atoms with E-state index in [1.807, 2.05) is 0 Å². The van der Waals surface area contributed by atoms with Crippen LogP contribution in [0.5, 0.6) is 0 Å². The van der Waals surface area contributed by atoms with Gasteiger partial charge in [0.2, 0.25) is 0 Å². The monoisotopic (exact) mass is 207 g/mol. The zero-order valence-electron chi connectivity index (χ0n) is 8.72. The van der Waals surface area contributed by atoms with Crippen LogP contribution >= 0.6 is 0 Å². The lowest BCUT2D eigenvalue weighted by Crippen LogP contribution is -2.25. The van der Waals surface area contributed by atoms with Crippen LogP contribution in [-0.4, -0.2) is 12.5 Å². The number of hydrogen-bond acceptors (Lipinski definition) is 1. The Morgan fingerprint density at radius 1 is 1.53 bits per heavy atom. The second-order valence-electron chi connectivity index (χ2n) is 4.12. The number of benzene rings is 1. The highest BCUT2D eigenvalue weighted by molar-refractivity contribution is 5.94. The van der Waals surface area contributed by atoms with E-state index in [0.29, 0.717) is 17.0 Å². The van der Waals surface area contributed by atoms with Gasteiger partial charge in [0.1, 0.15) is 5.82 Å². The van der Waals surface area contributed by atoms with Crippen LogP contribution in [-0.2, 0) is 0 Å². The van der Waals surface area contributed by atoms with Crippen LogP contribution in [0.1, 0.15) is 28.8 Å². The molecule has 0 saturated heterocycles. The fraction of sp³-hybridized carbons (Fsp3) is 0.417. The Morgan fingerprint density at radius 2 is 2.27 bits per heavy atom. The van der Waals surface area contributed by atoms with Crippen LogP contribution in [0.2, 0.25) is 0 Å². The molecule has 1 amide bonds. The van der Waals surface area contributed by atoms with Crippen molar-refractivity contribution in [2.75, 3.05) is 6.54 Å². The fourth-order valence-electron chi connectivity index (χ4n) is 1.45. The number of carbonyl (C=O) groups excluding carboxylic acids is 1. The highest BCUT2D eigenvalue weighted by Gasteiger charge is 2.21. The first kappa shape index (κ1) is 10.1. The highest BCUT2D eigenvalue weighted by Crippen LogP contribution is 2.27. The van der Waals surface area contributed by atoms with Crippen molar-refractivity contribution in [3.63, 3.8) is 0 Å². The number of hydrogen-bond donors (Lipinski definition) is 1. The molecule has 1 aromatic rings. The zero-order valence-corrected chi connectivity index (χ0v) is 8.72. The minimum Gasteiger partial charge on any atom is -0.352 e. The zero-order chi connectivity index (χ0) is 10.8. The van der Waals surface area contributed by atoms with Crippen LogP contribution in [0.25, 0.3) is 0 Å². The molecule has 0 aromatic heterocycles. The number of amides is 1. The SMILES string of the molecule is Cc1cc(C(=O)NCC2CC2)ccc1F. The lowest BCUT2D eigenvalue weighted by Gasteiger charge is -2.05. The molecule has 0 aliphatic heterocycles. The normalized spacial score (nSPS) is 15.1. The number of rotatable bonds is 3. The largest absolute Gasteiger partial charge is 0.352 e. The molecular weight excluding hydrogens is 193 g/mol. The molecule has 1 aliphatic carbocycles. The summed E-state index contributed by atoms with van der Waals surface area (Å²) in [5.41, 5.74) is 1.05. The molecular formula is C12H14FNO. The Kier molecular flexibility index (Phi) is 2.71. The van der Waals surface area contributed by atoms with Crippen molar-refractivity contribution >= 4 is 5.91 Å². The minimum atomic E-state index is -0.270. The molecule has 15 heavy (non-hydrogen) atoms. The summed E-state index contributed by atoms with van der Waals surface area (Å²) in [6.45, 7) is 2.41. The summed E-state index contributed by atoms with van der Waals surface area (Å²) < 4.78 is 13.0. The maximum atomic E-state index is 13.0. The van der Waals surface area contributed by atoms with Crippen LogP contribution in [0.3, 0.4) is 0 Å². The van der Waals surface area contributed by atoms with E-state index in [4.69, 9.17) is 0 Å². The molecule has 2 nitrogen and oxygen atoms in total. The third-order valence-corrected chi connectivity index (χ3v) is 2.67. The molecule has 3 heteroatoms. The summed E-state index contributed by atoms with van der Waals surface area (Å²) in [4.78, 5) is 11.6. The predicted octanol–water partition coefficient (Wildman–Crippen LogP) is 2.27. The van der Waals surface area contributed by atoms with Gasteiger partial charge in [-0.1, -0.05) is 0 Å². The third-order valence-electron chi connectivity index (χ3n) is 2.67. The van der Waals surface area contributed by atoms with E-state index in [9.17, 15) is 9.18 Å². The van der Waals surface area contributed by atoms with Crippen molar-refractivity contribution in [3.05, 3.63) is 35.1 Å². The number of halogens is 1. The van der Waals surface area contributed by atoms with E-state index in [-0.39, 0.29) is 11.7 Å². The van der Waals surface area contributed by atoms with Gasteiger partial charge >= 0.3 is 0 Å².